The van der Waals surface area contributed by atoms with Gasteiger partial charge in [0.1, 0.15) is 24.2 Å². The van der Waals surface area contributed by atoms with Crippen molar-refractivity contribution in [1.82, 2.24) is 5.32 Å². The van der Waals surface area contributed by atoms with Gasteiger partial charge in [0.15, 0.2) is 0 Å². The molecule has 0 saturated carbocycles. The zero-order valence-electron chi connectivity index (χ0n) is 11.3. The lowest BCUT2D eigenvalue weighted by Crippen LogP contribution is -2.67. The molecule has 6 atom stereocenters. The van der Waals surface area contributed by atoms with Crippen LogP contribution in [0.15, 0.2) is 0 Å². The largest absolute Gasteiger partial charge is 0.477 e. The summed E-state index contributed by atoms with van der Waals surface area (Å²) in [5, 5.41) is 59.1. The Morgan fingerprint density at radius 3 is 2.45 bits per heavy atom. The Bertz CT molecular complexity index is 422. The lowest BCUT2D eigenvalue weighted by molar-refractivity contribution is -0.295. The van der Waals surface area contributed by atoms with E-state index in [2.05, 4.69) is 5.32 Å². The molecule has 1 fully saturated rings. The Morgan fingerprint density at radius 2 is 2.00 bits per heavy atom. The number of halogens is 1. The molecule has 0 aromatic rings. The molecule has 0 aromatic heterocycles. The molecule has 0 bridgehead atoms. The van der Waals surface area contributed by atoms with Crippen LogP contribution < -0.4 is 5.32 Å². The summed E-state index contributed by atoms with van der Waals surface area (Å²) >= 11 is 5.31. The van der Waals surface area contributed by atoms with Crippen LogP contribution >= 0.6 is 11.6 Å². The van der Waals surface area contributed by atoms with Gasteiger partial charge < -0.3 is 40.7 Å². The Labute approximate surface area is 129 Å². The first-order chi connectivity index (χ1) is 10.2. The van der Waals surface area contributed by atoms with E-state index in [0.717, 1.165) is 0 Å². The van der Waals surface area contributed by atoms with Gasteiger partial charge in [-0.15, -0.1) is 11.6 Å². The van der Waals surface area contributed by atoms with E-state index in [1.807, 2.05) is 0 Å². The van der Waals surface area contributed by atoms with Crippen LogP contribution in [0.4, 0.5) is 0 Å². The van der Waals surface area contributed by atoms with E-state index >= 15 is 0 Å². The number of hydrogen-bond donors (Lipinski definition) is 7. The van der Waals surface area contributed by atoms with Crippen molar-refractivity contribution in [1.29, 1.82) is 0 Å². The number of rotatable bonds is 6. The predicted octanol–water partition coefficient (Wildman–Crippen LogP) is -3.65. The van der Waals surface area contributed by atoms with Crippen molar-refractivity contribution in [3.63, 3.8) is 0 Å². The number of carboxylic acid groups (broad SMARTS) is 1. The second kappa shape index (κ2) is 7.51. The van der Waals surface area contributed by atoms with Crippen molar-refractivity contribution in [2.45, 2.75) is 42.7 Å². The second-order valence-electron chi connectivity index (χ2n) is 4.91. The molecule has 0 aromatic carbocycles. The van der Waals surface area contributed by atoms with E-state index in [4.69, 9.17) is 26.6 Å². The van der Waals surface area contributed by atoms with Crippen molar-refractivity contribution >= 4 is 23.5 Å². The molecule has 1 aliphatic rings. The molecule has 22 heavy (non-hydrogen) atoms. The third kappa shape index (κ3) is 4.04. The van der Waals surface area contributed by atoms with E-state index in [1.54, 1.807) is 0 Å². The van der Waals surface area contributed by atoms with Crippen LogP contribution in [0.2, 0.25) is 0 Å². The summed E-state index contributed by atoms with van der Waals surface area (Å²) in [7, 11) is 0. The van der Waals surface area contributed by atoms with Crippen molar-refractivity contribution in [3.8, 4) is 0 Å². The maximum Gasteiger partial charge on any atom is 0.364 e. The average molecular weight is 344 g/mol. The number of amides is 1. The molecule has 1 amide bonds. The summed E-state index contributed by atoms with van der Waals surface area (Å²) in [5.41, 5.74) is 0. The van der Waals surface area contributed by atoms with Crippen LogP contribution in [0.3, 0.4) is 0 Å². The number of ether oxygens (including phenoxy) is 1. The number of aliphatic hydroxyl groups excluding tert-OH is 4. The van der Waals surface area contributed by atoms with Crippen LogP contribution in [0.25, 0.3) is 0 Å². The maximum atomic E-state index is 11.3. The van der Waals surface area contributed by atoms with Gasteiger partial charge in [0.2, 0.25) is 5.91 Å². The van der Waals surface area contributed by atoms with Gasteiger partial charge in [0.25, 0.3) is 5.79 Å². The summed E-state index contributed by atoms with van der Waals surface area (Å²) < 4.78 is 4.87. The SMILES string of the molecule is O=C(CCl)N[C@H]1C([C@H](O)C(O)CO)O[C@](O)(C(=O)O)C[C@H]1O. The van der Waals surface area contributed by atoms with Gasteiger partial charge in [-0.1, -0.05) is 0 Å². The van der Waals surface area contributed by atoms with Gasteiger partial charge in [0, 0.05) is 6.42 Å². The van der Waals surface area contributed by atoms with Crippen molar-refractivity contribution in [2.24, 2.45) is 0 Å². The molecule has 0 radical (unpaired) electrons. The first kappa shape index (κ1) is 19.0. The number of carboxylic acids is 1. The monoisotopic (exact) mass is 343 g/mol. The minimum atomic E-state index is -2.82. The molecule has 1 heterocycles. The van der Waals surface area contributed by atoms with E-state index in [0.29, 0.717) is 0 Å². The Kier molecular flexibility index (Phi) is 6.50. The Balaban J connectivity index is 3.07. The minimum absolute atomic E-state index is 0.474. The highest BCUT2D eigenvalue weighted by Gasteiger charge is 2.53. The molecule has 1 rings (SSSR count). The molecule has 7 N–H and O–H groups in total. The zero-order chi connectivity index (χ0) is 17.1. The van der Waals surface area contributed by atoms with Crippen LogP contribution in [-0.4, -0.2) is 91.2 Å². The lowest BCUT2D eigenvalue weighted by atomic mass is 9.88. The Hall–Kier alpha value is -1.01. The molecule has 11 heteroatoms. The van der Waals surface area contributed by atoms with Crippen LogP contribution in [0, 0.1) is 0 Å². The number of aliphatic hydroxyl groups is 5. The smallest absolute Gasteiger partial charge is 0.364 e. The molecule has 1 saturated heterocycles. The number of aliphatic carboxylic acids is 1. The summed E-state index contributed by atoms with van der Waals surface area (Å²) in [6.07, 6.45) is -7.71. The Morgan fingerprint density at radius 1 is 1.41 bits per heavy atom. The van der Waals surface area contributed by atoms with Gasteiger partial charge in [-0.3, -0.25) is 4.79 Å². The highest BCUT2D eigenvalue weighted by Crippen LogP contribution is 2.30. The van der Waals surface area contributed by atoms with Crippen LogP contribution in [0.1, 0.15) is 6.42 Å². The molecule has 0 spiro atoms. The third-order valence-electron chi connectivity index (χ3n) is 3.29. The van der Waals surface area contributed by atoms with Gasteiger partial charge >= 0.3 is 5.97 Å². The zero-order valence-corrected chi connectivity index (χ0v) is 12.0. The van der Waals surface area contributed by atoms with Crippen LogP contribution in [-0.2, 0) is 14.3 Å². The maximum absolute atomic E-state index is 11.3. The molecule has 2 unspecified atom stereocenters. The number of hydrogen-bond acceptors (Lipinski definition) is 8. The fourth-order valence-electron chi connectivity index (χ4n) is 2.13. The fraction of sp³-hybridized carbons (Fsp3) is 0.818. The molecular weight excluding hydrogens is 326 g/mol. The highest BCUT2D eigenvalue weighted by atomic mass is 35.5. The normalized spacial score (nSPS) is 34.7. The van der Waals surface area contributed by atoms with Crippen molar-refractivity contribution in [3.05, 3.63) is 0 Å². The first-order valence-corrected chi connectivity index (χ1v) is 6.83. The molecular formula is C11H18ClNO9. The van der Waals surface area contributed by atoms with Crippen molar-refractivity contribution < 1.29 is 45.0 Å². The van der Waals surface area contributed by atoms with Gasteiger partial charge in [-0.25, -0.2) is 4.79 Å². The molecule has 128 valence electrons. The third-order valence-corrected chi connectivity index (χ3v) is 3.53. The number of carbonyl (C=O) groups is 2. The van der Waals surface area contributed by atoms with Gasteiger partial charge in [0.05, 0.1) is 18.8 Å². The average Bonchev–Trinajstić information content (AvgIpc) is 2.47. The van der Waals surface area contributed by atoms with Gasteiger partial charge in [-0.05, 0) is 0 Å². The molecule has 1 aliphatic heterocycles. The minimum Gasteiger partial charge on any atom is -0.477 e. The predicted molar refractivity (Wildman–Crippen MR) is 69.8 cm³/mol. The topological polar surface area (TPSA) is 177 Å². The molecule has 10 nitrogen and oxygen atoms in total. The highest BCUT2D eigenvalue weighted by molar-refractivity contribution is 6.27. The molecule has 0 aliphatic carbocycles. The first-order valence-electron chi connectivity index (χ1n) is 6.30. The van der Waals surface area contributed by atoms with Gasteiger partial charge in [-0.2, -0.15) is 0 Å². The number of nitrogens with one attached hydrogen (secondary N) is 1. The van der Waals surface area contributed by atoms with E-state index in [1.165, 1.54) is 0 Å². The fourth-order valence-corrected chi connectivity index (χ4v) is 2.20. The summed E-state index contributed by atoms with van der Waals surface area (Å²) in [4.78, 5) is 22.4. The number of alkyl halides is 1. The van der Waals surface area contributed by atoms with Crippen molar-refractivity contribution in [2.75, 3.05) is 12.5 Å². The van der Waals surface area contributed by atoms with E-state index in [-0.39, 0.29) is 0 Å². The second-order valence-corrected chi connectivity index (χ2v) is 5.18. The van der Waals surface area contributed by atoms with E-state index in [9.17, 15) is 30.0 Å². The standard InChI is InChI=1S/C11H18ClNO9/c12-2-6(17)13-7-4(15)1-11(21,10(19)20)22-9(7)8(18)5(16)3-14/h4-5,7-9,14-16,18,21H,1-3H2,(H,13,17)(H,19,20)/t4-,5?,7-,8-,9?,11+/m1/s1. The van der Waals surface area contributed by atoms with E-state index < -0.39 is 67.0 Å². The summed E-state index contributed by atoms with van der Waals surface area (Å²) in [6.45, 7) is -0.890. The number of carbonyl (C=O) groups excluding carboxylic acids is 1. The lowest BCUT2D eigenvalue weighted by Gasteiger charge is -2.44. The summed E-state index contributed by atoms with van der Waals surface area (Å²) in [5.74, 6) is -5.85. The summed E-state index contributed by atoms with van der Waals surface area (Å²) in [6, 6.07) is -1.35. The quantitative estimate of drug-likeness (QED) is 0.239. The van der Waals surface area contributed by atoms with Crippen LogP contribution in [0.5, 0.6) is 0 Å².